The van der Waals surface area contributed by atoms with Crippen LogP contribution in [0.2, 0.25) is 0 Å². The van der Waals surface area contributed by atoms with E-state index in [0.29, 0.717) is 57.2 Å². The third-order valence-corrected chi connectivity index (χ3v) is 5.49. The highest BCUT2D eigenvalue weighted by atomic mass is 16.5. The first-order chi connectivity index (χ1) is 13.5. The van der Waals surface area contributed by atoms with Crippen LogP contribution in [0.5, 0.6) is 0 Å². The maximum atomic E-state index is 6.19. The molecule has 4 heterocycles. The maximum absolute atomic E-state index is 6.19. The molecule has 156 valence electrons. The quantitative estimate of drug-likeness (QED) is 0.428. The van der Waals surface area contributed by atoms with Gasteiger partial charge in [0.2, 0.25) is 17.8 Å². The first kappa shape index (κ1) is 19.5. The molecule has 3 aliphatic rings. The van der Waals surface area contributed by atoms with E-state index in [1.54, 1.807) is 0 Å². The van der Waals surface area contributed by atoms with Crippen molar-refractivity contribution in [1.82, 2.24) is 15.0 Å². The van der Waals surface area contributed by atoms with Gasteiger partial charge < -0.3 is 42.4 Å². The number of piperidine rings is 2. The number of hydrogen-bond acceptors (Lipinski definition) is 11. The van der Waals surface area contributed by atoms with Crippen LogP contribution in [-0.2, 0) is 4.74 Å². The summed E-state index contributed by atoms with van der Waals surface area (Å²) in [6, 6.07) is 0.0283. The largest absolute Gasteiger partial charge is 0.378 e. The number of nitrogens with two attached hydrogens (primary N) is 4. The summed E-state index contributed by atoms with van der Waals surface area (Å²) >= 11 is 0. The van der Waals surface area contributed by atoms with E-state index >= 15 is 0 Å². The molecular formula is C17H32N10O. The Morgan fingerprint density at radius 3 is 1.36 bits per heavy atom. The van der Waals surface area contributed by atoms with Crippen LogP contribution in [0.1, 0.15) is 12.8 Å². The topological polar surface area (TPSA) is 162 Å². The molecule has 0 saturated carbocycles. The van der Waals surface area contributed by atoms with Crippen molar-refractivity contribution >= 4 is 17.8 Å². The second-order valence-corrected chi connectivity index (χ2v) is 8.16. The van der Waals surface area contributed by atoms with E-state index in [0.717, 1.165) is 25.9 Å². The third kappa shape index (κ3) is 4.44. The molecule has 0 bridgehead atoms. The van der Waals surface area contributed by atoms with Gasteiger partial charge >= 0.3 is 0 Å². The van der Waals surface area contributed by atoms with Crippen LogP contribution in [0.25, 0.3) is 0 Å². The predicted molar refractivity (Wildman–Crippen MR) is 108 cm³/mol. The Balaban J connectivity index is 1.66. The molecule has 4 unspecified atom stereocenters. The van der Waals surface area contributed by atoms with E-state index in [4.69, 9.17) is 42.6 Å². The highest BCUT2D eigenvalue weighted by Crippen LogP contribution is 2.24. The van der Waals surface area contributed by atoms with Crippen molar-refractivity contribution in [2.75, 3.05) is 67.2 Å². The van der Waals surface area contributed by atoms with Crippen LogP contribution in [0.15, 0.2) is 0 Å². The lowest BCUT2D eigenvalue weighted by Crippen LogP contribution is -2.54. The number of aromatic nitrogens is 3. The minimum Gasteiger partial charge on any atom is -0.378 e. The molecule has 3 aliphatic heterocycles. The lowest BCUT2D eigenvalue weighted by Gasteiger charge is -2.37. The molecule has 4 atom stereocenters. The van der Waals surface area contributed by atoms with E-state index in [9.17, 15) is 0 Å². The molecule has 0 spiro atoms. The molecule has 1 aromatic heterocycles. The summed E-state index contributed by atoms with van der Waals surface area (Å²) in [6.45, 7) is 5.54. The average molecular weight is 393 g/mol. The zero-order valence-electron chi connectivity index (χ0n) is 16.3. The standard InChI is InChI=1S/C17H32N10O/c18-11-5-12(19)8-26(7-11)16-22-15(25-1-3-28-4-2-25)23-17(24-16)27-9-13(20)6-14(21)10-27/h11-14H,1-10,18-21H2. The van der Waals surface area contributed by atoms with Gasteiger partial charge in [-0.2, -0.15) is 15.0 Å². The summed E-state index contributed by atoms with van der Waals surface area (Å²) in [5.74, 6) is 1.89. The normalized spacial score (nSPS) is 31.9. The average Bonchev–Trinajstić information content (AvgIpc) is 2.67. The van der Waals surface area contributed by atoms with Crippen molar-refractivity contribution in [1.29, 1.82) is 0 Å². The summed E-state index contributed by atoms with van der Waals surface area (Å²) in [4.78, 5) is 20.5. The van der Waals surface area contributed by atoms with Crippen molar-refractivity contribution in [2.45, 2.75) is 37.0 Å². The smallest absolute Gasteiger partial charge is 0.232 e. The molecule has 1 aromatic rings. The van der Waals surface area contributed by atoms with Gasteiger partial charge in [0.05, 0.1) is 13.2 Å². The highest BCUT2D eigenvalue weighted by molar-refractivity contribution is 5.48. The Bertz CT molecular complexity index is 605. The third-order valence-electron chi connectivity index (χ3n) is 5.49. The zero-order chi connectivity index (χ0) is 19.7. The molecule has 11 nitrogen and oxygen atoms in total. The van der Waals surface area contributed by atoms with Crippen LogP contribution in [-0.4, -0.2) is 91.6 Å². The van der Waals surface area contributed by atoms with Gasteiger partial charge in [0, 0.05) is 63.4 Å². The molecule has 3 fully saturated rings. The number of ether oxygens (including phenoxy) is 1. The minimum absolute atomic E-state index is 0.00707. The Kier molecular flexibility index (Phi) is 5.78. The summed E-state index contributed by atoms with van der Waals surface area (Å²) in [5.41, 5.74) is 24.8. The number of nitrogens with zero attached hydrogens (tertiary/aromatic N) is 6. The minimum atomic E-state index is 0.00707. The van der Waals surface area contributed by atoms with Crippen LogP contribution in [0.3, 0.4) is 0 Å². The monoisotopic (exact) mass is 392 g/mol. The van der Waals surface area contributed by atoms with E-state index in [2.05, 4.69) is 14.7 Å². The fourth-order valence-corrected chi connectivity index (χ4v) is 4.21. The Hall–Kier alpha value is -1.79. The van der Waals surface area contributed by atoms with E-state index in [1.807, 2.05) is 0 Å². The molecule has 0 aliphatic carbocycles. The first-order valence-electron chi connectivity index (χ1n) is 10.1. The van der Waals surface area contributed by atoms with Crippen molar-refractivity contribution in [3.63, 3.8) is 0 Å². The van der Waals surface area contributed by atoms with E-state index in [-0.39, 0.29) is 24.2 Å². The fraction of sp³-hybridized carbons (Fsp3) is 0.824. The molecular weight excluding hydrogens is 360 g/mol. The molecule has 8 N–H and O–H groups in total. The van der Waals surface area contributed by atoms with Gasteiger partial charge in [-0.1, -0.05) is 0 Å². The Morgan fingerprint density at radius 1 is 0.607 bits per heavy atom. The van der Waals surface area contributed by atoms with Gasteiger partial charge in [-0.3, -0.25) is 0 Å². The number of anilines is 3. The van der Waals surface area contributed by atoms with Crippen molar-refractivity contribution < 1.29 is 4.74 Å². The number of rotatable bonds is 3. The van der Waals surface area contributed by atoms with Gasteiger partial charge in [0.25, 0.3) is 0 Å². The van der Waals surface area contributed by atoms with Crippen molar-refractivity contribution in [3.8, 4) is 0 Å². The molecule has 28 heavy (non-hydrogen) atoms. The van der Waals surface area contributed by atoms with Crippen molar-refractivity contribution in [3.05, 3.63) is 0 Å². The van der Waals surface area contributed by atoms with Gasteiger partial charge in [-0.05, 0) is 12.8 Å². The van der Waals surface area contributed by atoms with E-state index < -0.39 is 0 Å². The number of hydrogen-bond donors (Lipinski definition) is 4. The van der Waals surface area contributed by atoms with E-state index in [1.165, 1.54) is 0 Å². The number of morpholine rings is 1. The fourth-order valence-electron chi connectivity index (χ4n) is 4.21. The predicted octanol–water partition coefficient (Wildman–Crippen LogP) is -2.56. The summed E-state index contributed by atoms with van der Waals surface area (Å²) in [6.07, 6.45) is 1.61. The van der Waals surface area contributed by atoms with Crippen molar-refractivity contribution in [2.24, 2.45) is 22.9 Å². The maximum Gasteiger partial charge on any atom is 0.232 e. The lowest BCUT2D eigenvalue weighted by molar-refractivity contribution is 0.122. The second kappa shape index (κ2) is 8.29. The summed E-state index contributed by atoms with van der Waals surface area (Å²) < 4.78 is 5.47. The van der Waals surface area contributed by atoms with Gasteiger partial charge in [0.15, 0.2) is 0 Å². The Morgan fingerprint density at radius 2 is 0.964 bits per heavy atom. The molecule has 4 rings (SSSR count). The van der Waals surface area contributed by atoms with Crippen LogP contribution in [0.4, 0.5) is 17.8 Å². The van der Waals surface area contributed by atoms with Gasteiger partial charge in [0.1, 0.15) is 0 Å². The summed E-state index contributed by atoms with van der Waals surface area (Å²) in [5, 5.41) is 0. The van der Waals surface area contributed by atoms with Crippen LogP contribution < -0.4 is 37.6 Å². The molecule has 0 aromatic carbocycles. The molecule has 0 amide bonds. The second-order valence-electron chi connectivity index (χ2n) is 8.16. The van der Waals surface area contributed by atoms with Crippen LogP contribution in [0, 0.1) is 0 Å². The highest BCUT2D eigenvalue weighted by Gasteiger charge is 2.29. The molecule has 11 heteroatoms. The summed E-state index contributed by atoms with van der Waals surface area (Å²) in [7, 11) is 0. The van der Waals surface area contributed by atoms with Gasteiger partial charge in [-0.15, -0.1) is 0 Å². The molecule has 3 saturated heterocycles. The van der Waals surface area contributed by atoms with Crippen LogP contribution >= 0.6 is 0 Å². The SMILES string of the molecule is NC1CC(N)CN(c2nc(N3CCOCC3)nc(N3CC(N)CC(N)C3)n2)C1. The first-order valence-corrected chi connectivity index (χ1v) is 10.1. The lowest BCUT2D eigenvalue weighted by atomic mass is 10.0. The van der Waals surface area contributed by atoms with Gasteiger partial charge in [-0.25, -0.2) is 0 Å². The zero-order valence-corrected chi connectivity index (χ0v) is 16.3. The Labute approximate surface area is 165 Å². The molecule has 0 radical (unpaired) electrons.